The van der Waals surface area contributed by atoms with Gasteiger partial charge >= 0.3 is 12.1 Å². The number of nitro groups is 2. The first kappa shape index (κ1) is 25.9. The standard InChI is InChI=1S/C18H24N4O10S/c1-11(2)9-14(17(23)24)19-18(25)32-13-5-7-20(8-6-13)33(30,31)16-4-3-12(21(26)27)10-15(16)22(28)29/h3-4,10-11,13-14H,5-9H2,1-2H3,(H,19,25)(H,23,24)/t14-/m0/s1. The second-order valence-electron chi connectivity index (χ2n) is 7.84. The highest BCUT2D eigenvalue weighted by molar-refractivity contribution is 7.89. The Bertz CT molecular complexity index is 1030. The van der Waals surface area contributed by atoms with Crippen LogP contribution in [0, 0.1) is 26.1 Å². The molecule has 1 aliphatic rings. The van der Waals surface area contributed by atoms with E-state index in [-0.39, 0.29) is 38.3 Å². The Morgan fingerprint density at radius 1 is 1.21 bits per heavy atom. The molecule has 2 N–H and O–H groups in total. The fourth-order valence-electron chi connectivity index (χ4n) is 3.33. The van der Waals surface area contributed by atoms with Crippen LogP contribution >= 0.6 is 0 Å². The molecule has 1 fully saturated rings. The van der Waals surface area contributed by atoms with E-state index in [0.29, 0.717) is 6.07 Å². The third kappa shape index (κ3) is 6.58. The normalized spacial score (nSPS) is 16.2. The second kappa shape index (κ2) is 10.5. The van der Waals surface area contributed by atoms with Gasteiger partial charge in [-0.15, -0.1) is 0 Å². The number of non-ortho nitro benzene ring substituents is 1. The molecule has 33 heavy (non-hydrogen) atoms. The molecular weight excluding hydrogens is 464 g/mol. The van der Waals surface area contributed by atoms with Crippen molar-refractivity contribution in [2.45, 2.75) is 50.2 Å². The van der Waals surface area contributed by atoms with Crippen LogP contribution in [0.1, 0.15) is 33.1 Å². The maximum atomic E-state index is 12.9. The number of carboxylic acid groups (broad SMARTS) is 1. The molecule has 1 atom stereocenters. The number of carbonyl (C=O) groups excluding carboxylic acids is 1. The van der Waals surface area contributed by atoms with Crippen molar-refractivity contribution in [1.82, 2.24) is 9.62 Å². The van der Waals surface area contributed by atoms with Crippen molar-refractivity contribution in [1.29, 1.82) is 0 Å². The highest BCUT2D eigenvalue weighted by Gasteiger charge is 2.36. The Kier molecular flexibility index (Phi) is 8.27. The van der Waals surface area contributed by atoms with Gasteiger partial charge in [0, 0.05) is 19.2 Å². The van der Waals surface area contributed by atoms with Crippen LogP contribution in [0.5, 0.6) is 0 Å². The fraction of sp³-hybridized carbons (Fsp3) is 0.556. The molecule has 2 rings (SSSR count). The van der Waals surface area contributed by atoms with E-state index in [0.717, 1.165) is 16.4 Å². The minimum absolute atomic E-state index is 0.0170. The minimum Gasteiger partial charge on any atom is -0.480 e. The summed E-state index contributed by atoms with van der Waals surface area (Å²) in [5, 5.41) is 33.6. The number of rotatable bonds is 9. The van der Waals surface area contributed by atoms with Crippen LogP contribution in [0.4, 0.5) is 16.2 Å². The lowest BCUT2D eigenvalue weighted by Gasteiger charge is -2.31. The predicted molar refractivity (Wildman–Crippen MR) is 112 cm³/mol. The number of carboxylic acids is 1. The first-order valence-corrected chi connectivity index (χ1v) is 11.4. The summed E-state index contributed by atoms with van der Waals surface area (Å²) >= 11 is 0. The number of nitrogens with zero attached hydrogens (tertiary/aromatic N) is 3. The van der Waals surface area contributed by atoms with Crippen molar-refractivity contribution in [3.05, 3.63) is 38.4 Å². The number of amides is 1. The van der Waals surface area contributed by atoms with Crippen LogP contribution in [-0.2, 0) is 19.6 Å². The molecule has 1 aliphatic heterocycles. The van der Waals surface area contributed by atoms with Crippen molar-refractivity contribution in [3.63, 3.8) is 0 Å². The first-order chi connectivity index (χ1) is 15.3. The lowest BCUT2D eigenvalue weighted by molar-refractivity contribution is -0.396. The van der Waals surface area contributed by atoms with Crippen LogP contribution in [0.25, 0.3) is 0 Å². The van der Waals surface area contributed by atoms with Crippen molar-refractivity contribution >= 4 is 33.5 Å². The lowest BCUT2D eigenvalue weighted by atomic mass is 10.0. The zero-order valence-electron chi connectivity index (χ0n) is 17.9. The van der Waals surface area contributed by atoms with Crippen molar-refractivity contribution < 1.29 is 37.7 Å². The molecule has 1 amide bonds. The van der Waals surface area contributed by atoms with Crippen molar-refractivity contribution in [2.24, 2.45) is 5.92 Å². The highest BCUT2D eigenvalue weighted by atomic mass is 32.2. The molecule has 1 heterocycles. The SMILES string of the molecule is CC(C)C[C@H](NC(=O)OC1CCN(S(=O)(=O)c2ccc([N+](=O)[O-])cc2[N+](=O)[O-])CC1)C(=O)O. The van der Waals surface area contributed by atoms with E-state index in [1.54, 1.807) is 13.8 Å². The second-order valence-corrected chi connectivity index (χ2v) is 9.75. The van der Waals surface area contributed by atoms with Gasteiger partial charge in [0.1, 0.15) is 12.1 Å². The number of nitrogens with one attached hydrogen (secondary N) is 1. The third-order valence-corrected chi connectivity index (χ3v) is 6.89. The Labute approximate surface area is 188 Å². The van der Waals surface area contributed by atoms with Gasteiger partial charge in [-0.05, 0) is 31.2 Å². The molecule has 15 heteroatoms. The minimum atomic E-state index is -4.34. The van der Waals surface area contributed by atoms with Gasteiger partial charge in [0.25, 0.3) is 11.4 Å². The van der Waals surface area contributed by atoms with Gasteiger partial charge in [-0.25, -0.2) is 18.0 Å². The summed E-state index contributed by atoms with van der Waals surface area (Å²) in [6.45, 7) is 3.36. The maximum absolute atomic E-state index is 12.9. The Balaban J connectivity index is 2.05. The van der Waals surface area contributed by atoms with Gasteiger partial charge in [-0.1, -0.05) is 13.8 Å². The summed E-state index contributed by atoms with van der Waals surface area (Å²) in [7, 11) is -4.34. The van der Waals surface area contributed by atoms with Gasteiger partial charge in [0.15, 0.2) is 4.90 Å². The summed E-state index contributed by atoms with van der Waals surface area (Å²) in [4.78, 5) is 42.9. The molecule has 14 nitrogen and oxygen atoms in total. The number of piperidine rings is 1. The molecule has 182 valence electrons. The van der Waals surface area contributed by atoms with Crippen LogP contribution in [0.3, 0.4) is 0 Å². The number of sulfonamides is 1. The highest BCUT2D eigenvalue weighted by Crippen LogP contribution is 2.32. The van der Waals surface area contributed by atoms with Gasteiger partial charge in [-0.2, -0.15) is 4.31 Å². The molecule has 0 spiro atoms. The largest absolute Gasteiger partial charge is 0.480 e. The molecule has 0 saturated carbocycles. The third-order valence-electron chi connectivity index (χ3n) is 4.94. The van der Waals surface area contributed by atoms with Crippen molar-refractivity contribution in [2.75, 3.05) is 13.1 Å². The molecule has 1 saturated heterocycles. The average molecular weight is 488 g/mol. The number of ether oxygens (including phenoxy) is 1. The van der Waals surface area contributed by atoms with Crippen LogP contribution in [-0.4, -0.2) is 65.0 Å². The summed E-state index contributed by atoms with van der Waals surface area (Å²) in [6, 6.07) is 1.15. The van der Waals surface area contributed by atoms with Gasteiger partial charge < -0.3 is 15.2 Å². The van der Waals surface area contributed by atoms with Crippen LogP contribution < -0.4 is 5.32 Å². The summed E-state index contributed by atoms with van der Waals surface area (Å²) < 4.78 is 32.0. The van der Waals surface area contributed by atoms with Gasteiger partial charge in [0.2, 0.25) is 10.0 Å². The lowest BCUT2D eigenvalue weighted by Crippen LogP contribution is -2.45. The predicted octanol–water partition coefficient (Wildman–Crippen LogP) is 1.88. The quantitative estimate of drug-likeness (QED) is 0.382. The Morgan fingerprint density at radius 2 is 1.82 bits per heavy atom. The zero-order chi connectivity index (χ0) is 24.9. The number of nitro benzene ring substituents is 2. The topological polar surface area (TPSA) is 199 Å². The number of aliphatic carboxylic acids is 1. The molecule has 0 aromatic heterocycles. The number of alkyl carbamates (subject to hydrolysis) is 1. The molecule has 1 aromatic carbocycles. The van der Waals surface area contributed by atoms with E-state index >= 15 is 0 Å². The van der Waals surface area contributed by atoms with E-state index in [1.165, 1.54) is 0 Å². The van der Waals surface area contributed by atoms with E-state index < -0.39 is 60.3 Å². The van der Waals surface area contributed by atoms with E-state index in [2.05, 4.69) is 5.32 Å². The number of hydrogen-bond acceptors (Lipinski definition) is 9. The smallest absolute Gasteiger partial charge is 0.408 e. The number of benzene rings is 1. The van der Waals surface area contributed by atoms with E-state index in [9.17, 15) is 43.3 Å². The van der Waals surface area contributed by atoms with Crippen LogP contribution in [0.2, 0.25) is 0 Å². The monoisotopic (exact) mass is 488 g/mol. The summed E-state index contributed by atoms with van der Waals surface area (Å²) in [6.07, 6.45) is -1.26. The van der Waals surface area contributed by atoms with Crippen molar-refractivity contribution in [3.8, 4) is 0 Å². The van der Waals surface area contributed by atoms with Gasteiger partial charge in [-0.3, -0.25) is 20.2 Å². The summed E-state index contributed by atoms with van der Waals surface area (Å²) in [5.41, 5.74) is -1.53. The van der Waals surface area contributed by atoms with E-state index in [1.807, 2.05) is 0 Å². The molecule has 0 unspecified atom stereocenters. The average Bonchev–Trinajstić information content (AvgIpc) is 2.72. The molecule has 0 radical (unpaired) electrons. The number of hydrogen-bond donors (Lipinski definition) is 2. The van der Waals surface area contributed by atoms with E-state index in [4.69, 9.17) is 4.74 Å². The van der Waals surface area contributed by atoms with Gasteiger partial charge in [0.05, 0.1) is 15.9 Å². The molecule has 1 aromatic rings. The number of carbonyl (C=O) groups is 2. The molecule has 0 bridgehead atoms. The first-order valence-electron chi connectivity index (χ1n) is 9.95. The Morgan fingerprint density at radius 3 is 2.30 bits per heavy atom. The zero-order valence-corrected chi connectivity index (χ0v) is 18.7. The molecule has 0 aliphatic carbocycles. The molecular formula is C18H24N4O10S. The maximum Gasteiger partial charge on any atom is 0.408 e. The summed E-state index contributed by atoms with van der Waals surface area (Å²) in [5.74, 6) is -1.19. The fourth-order valence-corrected chi connectivity index (χ4v) is 4.94. The van der Waals surface area contributed by atoms with Crippen LogP contribution in [0.15, 0.2) is 23.1 Å². The Hall–Kier alpha value is -3.33.